The van der Waals surface area contributed by atoms with Gasteiger partial charge in [0.1, 0.15) is 6.04 Å². The maximum Gasteiger partial charge on any atom is 0.269 e. The number of amides is 1. The van der Waals surface area contributed by atoms with E-state index in [4.69, 9.17) is 11.6 Å². The molecular weight excluding hydrogens is 486 g/mol. The SMILES string of the molecule is CC(C)CC(C(=O)NCc1ccc(C(C)(C)C)cc1)N(Cc1ccc(Cl)cc1)c1ccc([N+](=O)[O-])cc1. The number of hydrogen-bond acceptors (Lipinski definition) is 4. The molecule has 7 heteroatoms. The van der Waals surface area contributed by atoms with E-state index in [1.165, 1.54) is 17.7 Å². The molecule has 3 rings (SSSR count). The number of non-ortho nitro benzene ring substituents is 1. The Kier molecular flexibility index (Phi) is 9.33. The van der Waals surface area contributed by atoms with Gasteiger partial charge in [-0.3, -0.25) is 14.9 Å². The number of carbonyl (C=O) groups excluding carboxylic acids is 1. The molecule has 0 aromatic heterocycles. The first-order valence-electron chi connectivity index (χ1n) is 12.6. The highest BCUT2D eigenvalue weighted by Crippen LogP contribution is 2.27. The summed E-state index contributed by atoms with van der Waals surface area (Å²) < 4.78 is 0. The van der Waals surface area contributed by atoms with Crippen molar-refractivity contribution in [3.05, 3.63) is 105 Å². The van der Waals surface area contributed by atoms with Gasteiger partial charge in [-0.05, 0) is 58.7 Å². The predicted molar refractivity (Wildman–Crippen MR) is 151 cm³/mol. The Hall–Kier alpha value is -3.38. The van der Waals surface area contributed by atoms with Crippen molar-refractivity contribution in [2.24, 2.45) is 5.92 Å². The Morgan fingerprint density at radius 2 is 1.51 bits per heavy atom. The molecule has 0 saturated heterocycles. The van der Waals surface area contributed by atoms with Crippen molar-refractivity contribution in [1.29, 1.82) is 0 Å². The van der Waals surface area contributed by atoms with Gasteiger partial charge in [-0.1, -0.05) is 82.6 Å². The van der Waals surface area contributed by atoms with Gasteiger partial charge in [-0.15, -0.1) is 0 Å². The predicted octanol–water partition coefficient (Wildman–Crippen LogP) is 7.28. The molecule has 6 nitrogen and oxygen atoms in total. The van der Waals surface area contributed by atoms with Crippen LogP contribution >= 0.6 is 11.6 Å². The van der Waals surface area contributed by atoms with Crippen molar-refractivity contribution in [2.45, 2.75) is 65.6 Å². The number of anilines is 1. The Balaban J connectivity index is 1.88. The Morgan fingerprint density at radius 1 is 0.946 bits per heavy atom. The van der Waals surface area contributed by atoms with Crippen LogP contribution in [0.25, 0.3) is 0 Å². The molecule has 0 radical (unpaired) electrons. The fourth-order valence-electron chi connectivity index (χ4n) is 4.19. The third-order valence-corrected chi connectivity index (χ3v) is 6.57. The second kappa shape index (κ2) is 12.2. The zero-order chi connectivity index (χ0) is 27.2. The molecule has 0 spiro atoms. The van der Waals surface area contributed by atoms with Crippen molar-refractivity contribution < 1.29 is 9.72 Å². The van der Waals surface area contributed by atoms with E-state index in [9.17, 15) is 14.9 Å². The molecule has 3 aromatic carbocycles. The molecule has 0 heterocycles. The van der Waals surface area contributed by atoms with Gasteiger partial charge in [0.2, 0.25) is 5.91 Å². The van der Waals surface area contributed by atoms with Crippen molar-refractivity contribution in [3.63, 3.8) is 0 Å². The molecule has 0 aliphatic carbocycles. The summed E-state index contributed by atoms with van der Waals surface area (Å²) in [4.78, 5) is 26.4. The van der Waals surface area contributed by atoms with E-state index in [0.717, 1.165) is 16.8 Å². The topological polar surface area (TPSA) is 75.5 Å². The molecule has 1 unspecified atom stereocenters. The molecule has 0 saturated carbocycles. The number of nitrogens with one attached hydrogen (secondary N) is 1. The van der Waals surface area contributed by atoms with Crippen LogP contribution in [0.3, 0.4) is 0 Å². The van der Waals surface area contributed by atoms with Gasteiger partial charge in [0.15, 0.2) is 0 Å². The van der Waals surface area contributed by atoms with E-state index in [-0.39, 0.29) is 22.9 Å². The molecule has 196 valence electrons. The minimum absolute atomic E-state index is 0.0127. The number of rotatable bonds is 10. The summed E-state index contributed by atoms with van der Waals surface area (Å²) in [5.74, 6) is 0.175. The number of benzene rings is 3. The smallest absolute Gasteiger partial charge is 0.269 e. The van der Waals surface area contributed by atoms with Crippen LogP contribution in [0.5, 0.6) is 0 Å². The van der Waals surface area contributed by atoms with Crippen LogP contribution in [-0.4, -0.2) is 16.9 Å². The van der Waals surface area contributed by atoms with Gasteiger partial charge in [0.25, 0.3) is 5.69 Å². The Labute approximate surface area is 224 Å². The summed E-state index contributed by atoms with van der Waals surface area (Å²) in [5.41, 5.74) is 4.09. The molecule has 1 atom stereocenters. The largest absolute Gasteiger partial charge is 0.355 e. The lowest BCUT2D eigenvalue weighted by Gasteiger charge is -2.34. The van der Waals surface area contributed by atoms with E-state index in [0.29, 0.717) is 24.5 Å². The summed E-state index contributed by atoms with van der Waals surface area (Å²) in [7, 11) is 0. The number of halogens is 1. The summed E-state index contributed by atoms with van der Waals surface area (Å²) in [6, 6.07) is 21.7. The normalized spacial score (nSPS) is 12.3. The molecule has 0 bridgehead atoms. The maximum absolute atomic E-state index is 13.6. The van der Waals surface area contributed by atoms with Crippen LogP contribution in [0.2, 0.25) is 5.02 Å². The zero-order valence-corrected chi connectivity index (χ0v) is 23.0. The van der Waals surface area contributed by atoms with Gasteiger partial charge < -0.3 is 10.2 Å². The average Bonchev–Trinajstić information content (AvgIpc) is 2.85. The van der Waals surface area contributed by atoms with Crippen molar-refractivity contribution >= 4 is 28.9 Å². The average molecular weight is 522 g/mol. The van der Waals surface area contributed by atoms with Crippen LogP contribution in [0.1, 0.15) is 57.7 Å². The summed E-state index contributed by atoms with van der Waals surface area (Å²) >= 11 is 6.09. The van der Waals surface area contributed by atoms with Gasteiger partial charge in [-0.25, -0.2) is 0 Å². The minimum atomic E-state index is -0.467. The van der Waals surface area contributed by atoms with E-state index < -0.39 is 11.0 Å². The van der Waals surface area contributed by atoms with Crippen LogP contribution in [0.4, 0.5) is 11.4 Å². The van der Waals surface area contributed by atoms with Gasteiger partial charge in [-0.2, -0.15) is 0 Å². The second-order valence-corrected chi connectivity index (χ2v) is 11.3. The van der Waals surface area contributed by atoms with Crippen LogP contribution < -0.4 is 10.2 Å². The molecular formula is C30H36ClN3O3. The third kappa shape index (κ3) is 8.05. The first-order valence-corrected chi connectivity index (χ1v) is 12.9. The monoisotopic (exact) mass is 521 g/mol. The first kappa shape index (κ1) is 28.2. The number of carbonyl (C=O) groups is 1. The van der Waals surface area contributed by atoms with E-state index in [1.807, 2.05) is 29.2 Å². The number of nitro groups is 1. The van der Waals surface area contributed by atoms with Crippen molar-refractivity contribution in [1.82, 2.24) is 5.32 Å². The molecule has 0 aliphatic heterocycles. The standard InChI is InChI=1S/C30H36ClN3O3/c1-21(2)18-28(29(35)32-19-22-6-10-24(11-7-22)30(3,4)5)33(20-23-8-12-25(31)13-9-23)26-14-16-27(17-15-26)34(36)37/h6-17,21,28H,18-20H2,1-5H3,(H,32,35). The molecule has 1 N–H and O–H groups in total. The third-order valence-electron chi connectivity index (χ3n) is 6.32. The summed E-state index contributed by atoms with van der Waals surface area (Å²) in [6.07, 6.45) is 0.624. The number of nitro benzene ring substituents is 1. The quantitative estimate of drug-likeness (QED) is 0.224. The lowest BCUT2D eigenvalue weighted by atomic mass is 9.87. The highest BCUT2D eigenvalue weighted by molar-refractivity contribution is 6.30. The number of nitrogens with zero attached hydrogens (tertiary/aromatic N) is 2. The Bertz CT molecular complexity index is 1180. The first-order chi connectivity index (χ1) is 17.4. The maximum atomic E-state index is 13.6. The molecule has 1 amide bonds. The molecule has 3 aromatic rings. The lowest BCUT2D eigenvalue weighted by molar-refractivity contribution is -0.384. The van der Waals surface area contributed by atoms with Crippen LogP contribution in [-0.2, 0) is 23.3 Å². The van der Waals surface area contributed by atoms with E-state index in [1.54, 1.807) is 12.1 Å². The van der Waals surface area contributed by atoms with Gasteiger partial charge >= 0.3 is 0 Å². The van der Waals surface area contributed by atoms with Gasteiger partial charge in [0, 0.05) is 35.9 Å². The zero-order valence-electron chi connectivity index (χ0n) is 22.2. The van der Waals surface area contributed by atoms with E-state index >= 15 is 0 Å². The molecule has 0 fully saturated rings. The number of hydrogen-bond donors (Lipinski definition) is 1. The van der Waals surface area contributed by atoms with E-state index in [2.05, 4.69) is 64.2 Å². The fraction of sp³-hybridized carbons (Fsp3) is 0.367. The van der Waals surface area contributed by atoms with Gasteiger partial charge in [0.05, 0.1) is 4.92 Å². The summed E-state index contributed by atoms with van der Waals surface area (Å²) in [5, 5.41) is 15.0. The minimum Gasteiger partial charge on any atom is -0.355 e. The molecule has 37 heavy (non-hydrogen) atoms. The fourth-order valence-corrected chi connectivity index (χ4v) is 4.31. The molecule has 0 aliphatic rings. The second-order valence-electron chi connectivity index (χ2n) is 10.8. The Morgan fingerprint density at radius 3 is 2.03 bits per heavy atom. The van der Waals surface area contributed by atoms with Crippen LogP contribution in [0.15, 0.2) is 72.8 Å². The van der Waals surface area contributed by atoms with Crippen molar-refractivity contribution in [3.8, 4) is 0 Å². The lowest BCUT2D eigenvalue weighted by Crippen LogP contribution is -2.47. The van der Waals surface area contributed by atoms with Crippen LogP contribution in [0, 0.1) is 16.0 Å². The highest BCUT2D eigenvalue weighted by atomic mass is 35.5. The van der Waals surface area contributed by atoms with Crippen molar-refractivity contribution in [2.75, 3.05) is 4.90 Å². The summed E-state index contributed by atoms with van der Waals surface area (Å²) in [6.45, 7) is 11.6. The highest BCUT2D eigenvalue weighted by Gasteiger charge is 2.28.